The Hall–Kier alpha value is -1.62. The lowest BCUT2D eigenvalue weighted by atomic mass is 10.2. The second kappa shape index (κ2) is 5.57. The normalized spacial score (nSPS) is 11.1. The van der Waals surface area contributed by atoms with Crippen LogP contribution in [0.3, 0.4) is 0 Å². The Bertz CT molecular complexity index is 564. The van der Waals surface area contributed by atoms with E-state index in [2.05, 4.69) is 28.9 Å². The third kappa shape index (κ3) is 3.44. The molecule has 6 heteroatoms. The predicted molar refractivity (Wildman–Crippen MR) is 76.4 cm³/mol. The number of anilines is 1. The van der Waals surface area contributed by atoms with Crippen LogP contribution in [0, 0.1) is 0 Å². The van der Waals surface area contributed by atoms with Crippen molar-refractivity contribution >= 4 is 17.4 Å². The van der Waals surface area contributed by atoms with Gasteiger partial charge in [-0.2, -0.15) is 5.10 Å². The summed E-state index contributed by atoms with van der Waals surface area (Å²) in [7, 11) is 3.89. The van der Waals surface area contributed by atoms with Crippen LogP contribution in [-0.2, 0) is 13.6 Å². The zero-order valence-corrected chi connectivity index (χ0v) is 12.4. The van der Waals surface area contributed by atoms with Crippen LogP contribution in [0.15, 0.2) is 18.5 Å². The molecule has 0 fully saturated rings. The first-order chi connectivity index (χ1) is 8.95. The average molecular weight is 280 g/mol. The van der Waals surface area contributed by atoms with Gasteiger partial charge in [-0.3, -0.25) is 4.68 Å². The molecular weight excluding hydrogens is 262 g/mol. The number of aromatic nitrogens is 4. The molecule has 0 aliphatic carbocycles. The van der Waals surface area contributed by atoms with E-state index in [9.17, 15) is 0 Å². The molecule has 2 heterocycles. The first kappa shape index (κ1) is 13.8. The van der Waals surface area contributed by atoms with Crippen LogP contribution >= 0.6 is 11.6 Å². The lowest BCUT2D eigenvalue weighted by molar-refractivity contribution is 0.760. The van der Waals surface area contributed by atoms with Gasteiger partial charge < -0.3 is 4.90 Å². The molecule has 0 amide bonds. The van der Waals surface area contributed by atoms with Crippen molar-refractivity contribution in [2.75, 3.05) is 11.9 Å². The highest BCUT2D eigenvalue weighted by Gasteiger charge is 2.11. The van der Waals surface area contributed by atoms with Gasteiger partial charge in [-0.15, -0.1) is 0 Å². The van der Waals surface area contributed by atoms with E-state index in [1.807, 2.05) is 31.4 Å². The summed E-state index contributed by atoms with van der Waals surface area (Å²) in [6, 6.07) is 1.78. The average Bonchev–Trinajstić information content (AvgIpc) is 2.73. The maximum atomic E-state index is 6.05. The number of hydrogen-bond donors (Lipinski definition) is 0. The third-order valence-corrected chi connectivity index (χ3v) is 2.98. The van der Waals surface area contributed by atoms with Crippen molar-refractivity contribution < 1.29 is 0 Å². The van der Waals surface area contributed by atoms with Crippen LogP contribution in [0.5, 0.6) is 0 Å². The van der Waals surface area contributed by atoms with Crippen molar-refractivity contribution in [3.05, 3.63) is 35.0 Å². The largest absolute Gasteiger partial charge is 0.355 e. The lowest BCUT2D eigenvalue weighted by Gasteiger charge is -2.18. The van der Waals surface area contributed by atoms with Crippen LogP contribution in [-0.4, -0.2) is 26.8 Å². The van der Waals surface area contributed by atoms with Crippen LogP contribution in [0.25, 0.3) is 0 Å². The number of hydrogen-bond acceptors (Lipinski definition) is 4. The summed E-state index contributed by atoms with van der Waals surface area (Å²) in [5, 5.41) is 4.64. The molecule has 0 spiro atoms. The van der Waals surface area contributed by atoms with Crippen molar-refractivity contribution in [3.63, 3.8) is 0 Å². The topological polar surface area (TPSA) is 46.8 Å². The first-order valence-corrected chi connectivity index (χ1v) is 6.56. The molecule has 0 saturated carbocycles. The second-order valence-electron chi connectivity index (χ2n) is 4.94. The minimum Gasteiger partial charge on any atom is -0.355 e. The number of rotatable bonds is 4. The van der Waals surface area contributed by atoms with Crippen LogP contribution in [0.2, 0.25) is 5.15 Å². The molecule has 0 N–H and O–H groups in total. The Morgan fingerprint density at radius 1 is 1.37 bits per heavy atom. The Balaban J connectivity index is 2.20. The monoisotopic (exact) mass is 279 g/mol. The van der Waals surface area contributed by atoms with Crippen LogP contribution in [0.4, 0.5) is 5.82 Å². The van der Waals surface area contributed by atoms with Crippen LogP contribution < -0.4 is 4.90 Å². The van der Waals surface area contributed by atoms with E-state index in [1.165, 1.54) is 0 Å². The zero-order valence-electron chi connectivity index (χ0n) is 11.6. The molecular formula is C13H18ClN5. The standard InChI is InChI=1S/C13H18ClN5/c1-9(2)13-16-11(14)5-12(17-13)18(3)7-10-6-15-19(4)8-10/h5-6,8-9H,7H2,1-4H3. The molecule has 5 nitrogen and oxygen atoms in total. The molecule has 0 saturated heterocycles. The molecule has 0 atom stereocenters. The molecule has 0 bridgehead atoms. The highest BCUT2D eigenvalue weighted by atomic mass is 35.5. The molecule has 2 aromatic rings. The summed E-state index contributed by atoms with van der Waals surface area (Å²) in [6.45, 7) is 4.84. The van der Waals surface area contributed by atoms with Gasteiger partial charge in [0.2, 0.25) is 0 Å². The fourth-order valence-corrected chi connectivity index (χ4v) is 1.97. The Kier molecular flexibility index (Phi) is 4.04. The number of nitrogens with zero attached hydrogens (tertiary/aromatic N) is 5. The fourth-order valence-electron chi connectivity index (χ4n) is 1.79. The smallest absolute Gasteiger partial charge is 0.135 e. The minimum atomic E-state index is 0.254. The Morgan fingerprint density at radius 2 is 2.11 bits per heavy atom. The van der Waals surface area contributed by atoms with Gasteiger partial charge in [-0.05, 0) is 0 Å². The van der Waals surface area contributed by atoms with Gasteiger partial charge >= 0.3 is 0 Å². The Labute approximate surface area is 118 Å². The van der Waals surface area contributed by atoms with Gasteiger partial charge in [0, 0.05) is 44.4 Å². The van der Waals surface area contributed by atoms with Gasteiger partial charge in [-0.25, -0.2) is 9.97 Å². The van der Waals surface area contributed by atoms with E-state index in [4.69, 9.17) is 11.6 Å². The van der Waals surface area contributed by atoms with Crippen LogP contribution in [0.1, 0.15) is 31.2 Å². The fraction of sp³-hybridized carbons (Fsp3) is 0.462. The quantitative estimate of drug-likeness (QED) is 0.807. The molecule has 0 aliphatic rings. The van der Waals surface area contributed by atoms with Crippen molar-refractivity contribution in [1.82, 2.24) is 19.7 Å². The summed E-state index contributed by atoms with van der Waals surface area (Å²) in [6.07, 6.45) is 3.84. The van der Waals surface area contributed by atoms with Gasteiger partial charge in [0.25, 0.3) is 0 Å². The minimum absolute atomic E-state index is 0.254. The second-order valence-corrected chi connectivity index (χ2v) is 5.33. The van der Waals surface area contributed by atoms with E-state index in [0.717, 1.165) is 23.8 Å². The molecule has 0 unspecified atom stereocenters. The molecule has 0 aliphatic heterocycles. The lowest BCUT2D eigenvalue weighted by Crippen LogP contribution is -2.18. The summed E-state index contributed by atoms with van der Waals surface area (Å²) < 4.78 is 1.79. The summed E-state index contributed by atoms with van der Waals surface area (Å²) in [5.41, 5.74) is 1.13. The van der Waals surface area contributed by atoms with E-state index in [-0.39, 0.29) is 5.92 Å². The zero-order chi connectivity index (χ0) is 14.0. The van der Waals surface area contributed by atoms with Gasteiger partial charge in [-0.1, -0.05) is 25.4 Å². The molecule has 102 valence electrons. The summed E-state index contributed by atoms with van der Waals surface area (Å²) in [5.74, 6) is 1.84. The number of halogens is 1. The summed E-state index contributed by atoms with van der Waals surface area (Å²) in [4.78, 5) is 10.8. The van der Waals surface area contributed by atoms with E-state index in [1.54, 1.807) is 10.7 Å². The highest BCUT2D eigenvalue weighted by molar-refractivity contribution is 6.29. The molecule has 19 heavy (non-hydrogen) atoms. The third-order valence-electron chi connectivity index (χ3n) is 2.78. The maximum Gasteiger partial charge on any atom is 0.135 e. The highest BCUT2D eigenvalue weighted by Crippen LogP contribution is 2.20. The van der Waals surface area contributed by atoms with Gasteiger partial charge in [0.05, 0.1) is 6.20 Å². The Morgan fingerprint density at radius 3 is 2.68 bits per heavy atom. The van der Waals surface area contributed by atoms with Crippen molar-refractivity contribution in [2.45, 2.75) is 26.3 Å². The van der Waals surface area contributed by atoms with E-state index in [0.29, 0.717) is 5.15 Å². The van der Waals surface area contributed by atoms with Gasteiger partial charge in [0.1, 0.15) is 16.8 Å². The molecule has 0 aromatic carbocycles. The SMILES string of the molecule is CC(C)c1nc(Cl)cc(N(C)Cc2cnn(C)c2)n1. The molecule has 2 aromatic heterocycles. The van der Waals surface area contributed by atoms with Crippen molar-refractivity contribution in [3.8, 4) is 0 Å². The maximum absolute atomic E-state index is 6.05. The molecule has 2 rings (SSSR count). The van der Waals surface area contributed by atoms with Crippen molar-refractivity contribution in [2.24, 2.45) is 7.05 Å². The molecule has 0 radical (unpaired) electrons. The van der Waals surface area contributed by atoms with Crippen molar-refractivity contribution in [1.29, 1.82) is 0 Å². The number of aryl methyl sites for hydroxylation is 1. The summed E-state index contributed by atoms with van der Waals surface area (Å²) >= 11 is 6.05. The van der Waals surface area contributed by atoms with E-state index < -0.39 is 0 Å². The predicted octanol–water partition coefficient (Wildman–Crippen LogP) is 2.62. The van der Waals surface area contributed by atoms with E-state index >= 15 is 0 Å². The first-order valence-electron chi connectivity index (χ1n) is 6.19. The van der Waals surface area contributed by atoms with Gasteiger partial charge in [0.15, 0.2) is 0 Å².